The Bertz CT molecular complexity index is 813. The van der Waals surface area contributed by atoms with Gasteiger partial charge in [0, 0.05) is 0 Å². The molecule has 1 amide bonds. The van der Waals surface area contributed by atoms with Crippen molar-refractivity contribution in [2.45, 2.75) is 6.92 Å². The average Bonchev–Trinajstić information content (AvgIpc) is 2.86. The number of para-hydroxylation sites is 1. The van der Waals surface area contributed by atoms with Gasteiger partial charge in [0.25, 0.3) is 11.7 Å². The van der Waals surface area contributed by atoms with Gasteiger partial charge < -0.3 is 9.47 Å². The van der Waals surface area contributed by atoms with Gasteiger partial charge in [0.15, 0.2) is 0 Å². The number of ketones is 1. The highest BCUT2D eigenvalue weighted by Crippen LogP contribution is 2.28. The van der Waals surface area contributed by atoms with Crippen LogP contribution < -0.4 is 9.64 Å². The number of fused-ring (bicyclic) bond motifs is 1. The van der Waals surface area contributed by atoms with Gasteiger partial charge in [-0.2, -0.15) is 0 Å². The first kappa shape index (κ1) is 16.7. The highest BCUT2D eigenvalue weighted by molar-refractivity contribution is 6.52. The molecule has 3 rings (SSSR count). The summed E-state index contributed by atoms with van der Waals surface area (Å²) in [6, 6.07) is 14.1. The van der Waals surface area contributed by atoms with Crippen molar-refractivity contribution in [2.75, 3.05) is 24.7 Å². The summed E-state index contributed by atoms with van der Waals surface area (Å²) in [6.07, 6.45) is 0. The molecule has 0 aromatic heterocycles. The fourth-order valence-electron chi connectivity index (χ4n) is 2.53. The number of Topliss-reactive ketones (excluding diaryl/α,β-unsaturated/α-hetero) is 1. The zero-order valence-electron chi connectivity index (χ0n) is 13.7. The minimum Gasteiger partial charge on any atom is -0.490 e. The van der Waals surface area contributed by atoms with Gasteiger partial charge in [0.2, 0.25) is 0 Å². The molecule has 0 fully saturated rings. The van der Waals surface area contributed by atoms with E-state index in [9.17, 15) is 14.4 Å². The second-order valence-corrected chi connectivity index (χ2v) is 5.62. The Morgan fingerprint density at radius 2 is 1.72 bits per heavy atom. The lowest BCUT2D eigenvalue weighted by Crippen LogP contribution is -2.35. The van der Waals surface area contributed by atoms with Crippen LogP contribution in [0, 0.1) is 6.92 Å². The molecule has 128 valence electrons. The fraction of sp³-hybridized carbons (Fsp3) is 0.211. The molecule has 25 heavy (non-hydrogen) atoms. The average molecular weight is 339 g/mol. The number of esters is 1. The van der Waals surface area contributed by atoms with Gasteiger partial charge in [0.05, 0.1) is 11.3 Å². The Labute approximate surface area is 145 Å². The first-order valence-electron chi connectivity index (χ1n) is 7.86. The largest absolute Gasteiger partial charge is 0.490 e. The first-order valence-corrected chi connectivity index (χ1v) is 7.86. The molecule has 0 unspecified atom stereocenters. The molecule has 1 aliphatic heterocycles. The molecule has 0 aliphatic carbocycles. The maximum atomic E-state index is 12.0. The monoisotopic (exact) mass is 339 g/mol. The number of aryl methyl sites for hydroxylation is 1. The van der Waals surface area contributed by atoms with Crippen LogP contribution in [0.5, 0.6) is 5.75 Å². The van der Waals surface area contributed by atoms with Crippen molar-refractivity contribution in [1.29, 1.82) is 0 Å². The van der Waals surface area contributed by atoms with E-state index in [-0.39, 0.29) is 19.8 Å². The van der Waals surface area contributed by atoms with Crippen LogP contribution in [0.25, 0.3) is 0 Å². The number of carbonyl (C=O) groups excluding carboxylic acids is 3. The van der Waals surface area contributed by atoms with Gasteiger partial charge in [-0.3, -0.25) is 19.3 Å². The van der Waals surface area contributed by atoms with Crippen molar-refractivity contribution in [3.8, 4) is 5.75 Å². The van der Waals surface area contributed by atoms with E-state index in [4.69, 9.17) is 9.47 Å². The third kappa shape index (κ3) is 3.68. The van der Waals surface area contributed by atoms with Gasteiger partial charge in [-0.15, -0.1) is 0 Å². The number of anilines is 1. The van der Waals surface area contributed by atoms with Gasteiger partial charge in [-0.1, -0.05) is 29.8 Å². The Morgan fingerprint density at radius 3 is 2.48 bits per heavy atom. The van der Waals surface area contributed by atoms with E-state index >= 15 is 0 Å². The number of hydrogen-bond donors (Lipinski definition) is 0. The van der Waals surface area contributed by atoms with E-state index < -0.39 is 17.7 Å². The lowest BCUT2D eigenvalue weighted by molar-refractivity contribution is -0.143. The number of carbonyl (C=O) groups is 3. The van der Waals surface area contributed by atoms with Gasteiger partial charge in [0.1, 0.15) is 25.5 Å². The van der Waals surface area contributed by atoms with Gasteiger partial charge >= 0.3 is 5.97 Å². The van der Waals surface area contributed by atoms with Crippen molar-refractivity contribution in [3.05, 3.63) is 59.7 Å². The molecule has 0 bridgehead atoms. The number of nitrogens with zero attached hydrogens (tertiary/aromatic N) is 1. The number of amides is 1. The summed E-state index contributed by atoms with van der Waals surface area (Å²) in [5.74, 6) is -1.22. The lowest BCUT2D eigenvalue weighted by Gasteiger charge is -2.15. The Balaban J connectivity index is 1.49. The normalized spacial score (nSPS) is 12.9. The maximum absolute atomic E-state index is 12.0. The Morgan fingerprint density at radius 1 is 1.00 bits per heavy atom. The zero-order valence-corrected chi connectivity index (χ0v) is 13.7. The molecule has 2 aromatic carbocycles. The maximum Gasteiger partial charge on any atom is 0.326 e. The van der Waals surface area contributed by atoms with E-state index in [2.05, 4.69) is 0 Å². The van der Waals surface area contributed by atoms with E-state index in [1.807, 2.05) is 31.2 Å². The number of ether oxygens (including phenoxy) is 2. The van der Waals surface area contributed by atoms with Crippen LogP contribution in [0.1, 0.15) is 15.9 Å². The predicted octanol–water partition coefficient (Wildman–Crippen LogP) is 2.15. The summed E-state index contributed by atoms with van der Waals surface area (Å²) in [4.78, 5) is 36.9. The summed E-state index contributed by atoms with van der Waals surface area (Å²) in [5, 5.41) is 0. The lowest BCUT2D eigenvalue weighted by atomic mass is 10.1. The van der Waals surface area contributed by atoms with Crippen LogP contribution in [-0.2, 0) is 14.3 Å². The van der Waals surface area contributed by atoms with Gasteiger partial charge in [-0.25, -0.2) is 0 Å². The molecule has 0 saturated heterocycles. The van der Waals surface area contributed by atoms with Crippen molar-refractivity contribution >= 4 is 23.3 Å². The molecule has 1 heterocycles. The number of rotatable bonds is 6. The van der Waals surface area contributed by atoms with E-state index in [0.29, 0.717) is 17.0 Å². The fourth-order valence-corrected chi connectivity index (χ4v) is 2.53. The standard InChI is InChI=1S/C19H17NO5/c1-13-6-8-14(9-7-13)24-10-11-25-17(21)12-20-16-5-3-2-4-15(16)18(22)19(20)23/h2-9H,10-12H2,1H3. The summed E-state index contributed by atoms with van der Waals surface area (Å²) >= 11 is 0. The van der Waals surface area contributed by atoms with E-state index in [0.717, 1.165) is 10.5 Å². The number of hydrogen-bond acceptors (Lipinski definition) is 5. The van der Waals surface area contributed by atoms with Gasteiger partial charge in [-0.05, 0) is 31.2 Å². The van der Waals surface area contributed by atoms with Crippen LogP contribution in [-0.4, -0.2) is 37.4 Å². The van der Waals surface area contributed by atoms with E-state index in [1.54, 1.807) is 24.3 Å². The SMILES string of the molecule is Cc1ccc(OCCOC(=O)CN2C(=O)C(=O)c3ccccc32)cc1. The minimum atomic E-state index is -0.714. The highest BCUT2D eigenvalue weighted by Gasteiger charge is 2.36. The van der Waals surface area contributed by atoms with Crippen LogP contribution >= 0.6 is 0 Å². The van der Waals surface area contributed by atoms with Crippen molar-refractivity contribution < 1.29 is 23.9 Å². The summed E-state index contributed by atoms with van der Waals surface area (Å²) in [6.45, 7) is 1.95. The second-order valence-electron chi connectivity index (χ2n) is 5.62. The molecule has 1 aliphatic rings. The molecular weight excluding hydrogens is 322 g/mol. The summed E-state index contributed by atoms with van der Waals surface area (Å²) in [7, 11) is 0. The molecule has 6 nitrogen and oxygen atoms in total. The van der Waals surface area contributed by atoms with Crippen molar-refractivity contribution in [3.63, 3.8) is 0 Å². The van der Waals surface area contributed by atoms with Crippen LogP contribution in [0.4, 0.5) is 5.69 Å². The smallest absolute Gasteiger partial charge is 0.326 e. The van der Waals surface area contributed by atoms with E-state index in [1.165, 1.54) is 0 Å². The number of benzene rings is 2. The second kappa shape index (κ2) is 7.17. The highest BCUT2D eigenvalue weighted by atomic mass is 16.6. The topological polar surface area (TPSA) is 72.9 Å². The van der Waals surface area contributed by atoms with Crippen LogP contribution in [0.3, 0.4) is 0 Å². The molecule has 0 saturated carbocycles. The summed E-state index contributed by atoms with van der Waals surface area (Å²) in [5.41, 5.74) is 1.87. The molecule has 0 spiro atoms. The molecule has 0 radical (unpaired) electrons. The van der Waals surface area contributed by atoms with Crippen molar-refractivity contribution in [1.82, 2.24) is 0 Å². The molecule has 0 atom stereocenters. The third-order valence-corrected chi connectivity index (χ3v) is 3.80. The zero-order chi connectivity index (χ0) is 17.8. The molecule has 2 aromatic rings. The van der Waals surface area contributed by atoms with Crippen LogP contribution in [0.2, 0.25) is 0 Å². The first-order chi connectivity index (χ1) is 12.1. The minimum absolute atomic E-state index is 0.0599. The quantitative estimate of drug-likeness (QED) is 0.458. The predicted molar refractivity (Wildman–Crippen MR) is 90.8 cm³/mol. The molecular formula is C19H17NO5. The Hall–Kier alpha value is -3.15. The molecule has 6 heteroatoms. The van der Waals surface area contributed by atoms with Crippen molar-refractivity contribution in [2.24, 2.45) is 0 Å². The van der Waals surface area contributed by atoms with Crippen LogP contribution in [0.15, 0.2) is 48.5 Å². The Kier molecular flexibility index (Phi) is 4.79. The third-order valence-electron chi connectivity index (χ3n) is 3.80. The molecule has 0 N–H and O–H groups in total. The summed E-state index contributed by atoms with van der Waals surface area (Å²) < 4.78 is 10.5.